The fraction of sp³-hybridized carbons (Fsp3) is 0.609. The number of nitrogens with zero attached hydrogens (tertiary/aromatic N) is 3. The van der Waals surface area contributed by atoms with E-state index in [9.17, 15) is 9.59 Å². The van der Waals surface area contributed by atoms with E-state index in [1.54, 1.807) is 0 Å². The molecule has 5 rings (SSSR count). The lowest BCUT2D eigenvalue weighted by Gasteiger charge is -2.38. The van der Waals surface area contributed by atoms with E-state index in [0.717, 1.165) is 54.4 Å². The lowest BCUT2D eigenvalue weighted by molar-refractivity contribution is 0.0734. The first kappa shape index (κ1) is 19.9. The summed E-state index contributed by atoms with van der Waals surface area (Å²) in [5.41, 5.74) is 1.75. The molecule has 6 nitrogen and oxygen atoms in total. The third-order valence-electron chi connectivity index (χ3n) is 7.18. The molecule has 7 heteroatoms. The molecule has 160 valence electrons. The summed E-state index contributed by atoms with van der Waals surface area (Å²) >= 11 is 1.47. The van der Waals surface area contributed by atoms with Gasteiger partial charge < -0.3 is 9.88 Å². The highest BCUT2D eigenvalue weighted by Gasteiger charge is 2.34. The standard InChI is InChI=1S/C23H30N4O2S/c1-15-6-8-16(9-7-15)26-12-10-18-17(14-26)22(28)25-21(24-18)19-4-2-11-27(19)23(29)20-5-3-13-30-20/h3,5,13,15-16,19H,2,4,6-12,14H2,1H3,(H,24,25,28)/t15?,16?,19-/m1/s1. The molecule has 0 radical (unpaired) electrons. The van der Waals surface area contributed by atoms with Crippen LogP contribution < -0.4 is 5.56 Å². The number of hydrogen-bond donors (Lipinski definition) is 1. The lowest BCUT2D eigenvalue weighted by Crippen LogP contribution is -2.44. The minimum absolute atomic E-state index is 0.0145. The summed E-state index contributed by atoms with van der Waals surface area (Å²) in [7, 11) is 0. The molecule has 1 saturated carbocycles. The number of H-pyrrole nitrogens is 1. The normalized spacial score (nSPS) is 27.2. The summed E-state index contributed by atoms with van der Waals surface area (Å²) in [6.45, 7) is 4.74. The number of fused-ring (bicyclic) bond motifs is 1. The van der Waals surface area contributed by atoms with E-state index in [-0.39, 0.29) is 17.5 Å². The minimum atomic E-state index is -0.129. The van der Waals surface area contributed by atoms with Gasteiger partial charge in [-0.1, -0.05) is 13.0 Å². The molecule has 1 atom stereocenters. The van der Waals surface area contributed by atoms with Crippen LogP contribution in [-0.2, 0) is 13.0 Å². The first-order valence-corrected chi connectivity index (χ1v) is 12.2. The Morgan fingerprint density at radius 2 is 2.03 bits per heavy atom. The van der Waals surface area contributed by atoms with Crippen molar-refractivity contribution in [1.82, 2.24) is 19.8 Å². The molecule has 3 aliphatic rings. The maximum Gasteiger partial charge on any atom is 0.264 e. The highest BCUT2D eigenvalue weighted by Crippen LogP contribution is 2.33. The predicted molar refractivity (Wildman–Crippen MR) is 118 cm³/mol. The molecule has 1 aliphatic carbocycles. The van der Waals surface area contributed by atoms with Crippen molar-refractivity contribution in [3.63, 3.8) is 0 Å². The Labute approximate surface area is 181 Å². The Hall–Kier alpha value is -1.99. The first-order valence-electron chi connectivity index (χ1n) is 11.3. The number of amides is 1. The van der Waals surface area contributed by atoms with Crippen LogP contribution in [0.25, 0.3) is 0 Å². The van der Waals surface area contributed by atoms with Crippen molar-refractivity contribution in [2.45, 2.75) is 70.5 Å². The van der Waals surface area contributed by atoms with Crippen molar-refractivity contribution < 1.29 is 4.79 Å². The van der Waals surface area contributed by atoms with Crippen LogP contribution in [0.4, 0.5) is 0 Å². The van der Waals surface area contributed by atoms with Gasteiger partial charge in [0.05, 0.1) is 22.2 Å². The highest BCUT2D eigenvalue weighted by molar-refractivity contribution is 7.12. The van der Waals surface area contributed by atoms with Gasteiger partial charge in [-0.2, -0.15) is 0 Å². The number of nitrogens with one attached hydrogen (secondary N) is 1. The maximum atomic E-state index is 13.0. The van der Waals surface area contributed by atoms with Gasteiger partial charge >= 0.3 is 0 Å². The van der Waals surface area contributed by atoms with Crippen LogP contribution in [0.15, 0.2) is 22.3 Å². The molecular weight excluding hydrogens is 396 g/mol. The molecule has 2 aliphatic heterocycles. The van der Waals surface area contributed by atoms with Crippen molar-refractivity contribution in [2.24, 2.45) is 5.92 Å². The topological polar surface area (TPSA) is 69.3 Å². The first-order chi connectivity index (χ1) is 14.6. The number of carbonyl (C=O) groups excluding carboxylic acids is 1. The molecule has 1 saturated heterocycles. The average molecular weight is 427 g/mol. The number of thiophene rings is 1. The van der Waals surface area contributed by atoms with Gasteiger partial charge in [0.2, 0.25) is 0 Å². The van der Waals surface area contributed by atoms with Crippen molar-refractivity contribution in [3.05, 3.63) is 49.8 Å². The molecular formula is C23H30N4O2S. The van der Waals surface area contributed by atoms with Gasteiger partial charge in [0, 0.05) is 32.1 Å². The molecule has 0 bridgehead atoms. The zero-order chi connectivity index (χ0) is 20.7. The third kappa shape index (κ3) is 3.73. The van der Waals surface area contributed by atoms with Gasteiger partial charge in [-0.05, 0) is 55.9 Å². The third-order valence-corrected chi connectivity index (χ3v) is 8.04. The summed E-state index contributed by atoms with van der Waals surface area (Å²) in [5.74, 6) is 1.55. The Morgan fingerprint density at radius 3 is 2.80 bits per heavy atom. The predicted octanol–water partition coefficient (Wildman–Crippen LogP) is 3.75. The number of carbonyl (C=O) groups is 1. The highest BCUT2D eigenvalue weighted by atomic mass is 32.1. The number of likely N-dealkylation sites (tertiary alicyclic amines) is 1. The Kier molecular flexibility index (Phi) is 5.50. The second-order valence-electron chi connectivity index (χ2n) is 9.14. The van der Waals surface area contributed by atoms with Crippen molar-refractivity contribution in [3.8, 4) is 0 Å². The quantitative estimate of drug-likeness (QED) is 0.812. The second kappa shape index (κ2) is 8.27. The maximum absolute atomic E-state index is 13.0. The molecule has 1 amide bonds. The lowest BCUT2D eigenvalue weighted by atomic mass is 9.86. The number of aromatic nitrogens is 2. The smallest absolute Gasteiger partial charge is 0.264 e. The summed E-state index contributed by atoms with van der Waals surface area (Å²) in [4.78, 5) is 39.0. The molecule has 2 aromatic rings. The van der Waals surface area contributed by atoms with Crippen LogP contribution in [-0.4, -0.2) is 44.8 Å². The van der Waals surface area contributed by atoms with Gasteiger partial charge in [0.1, 0.15) is 5.82 Å². The van der Waals surface area contributed by atoms with Gasteiger partial charge in [0.15, 0.2) is 0 Å². The van der Waals surface area contributed by atoms with E-state index in [1.807, 2.05) is 22.4 Å². The summed E-state index contributed by atoms with van der Waals surface area (Å²) < 4.78 is 0. The van der Waals surface area contributed by atoms with E-state index < -0.39 is 0 Å². The van der Waals surface area contributed by atoms with Gasteiger partial charge in [0.25, 0.3) is 11.5 Å². The van der Waals surface area contributed by atoms with Crippen molar-refractivity contribution in [1.29, 1.82) is 0 Å². The van der Waals surface area contributed by atoms with E-state index in [0.29, 0.717) is 18.4 Å². The van der Waals surface area contributed by atoms with Crippen molar-refractivity contribution in [2.75, 3.05) is 13.1 Å². The SMILES string of the molecule is CC1CCC(N2CCc3nc([C@H]4CCCN4C(=O)c4cccs4)[nH]c(=O)c3C2)CC1. The van der Waals surface area contributed by atoms with E-state index >= 15 is 0 Å². The van der Waals surface area contributed by atoms with Crippen LogP contribution in [0.5, 0.6) is 0 Å². The summed E-state index contributed by atoms with van der Waals surface area (Å²) in [5, 5.41) is 1.93. The number of aromatic amines is 1. The molecule has 2 fully saturated rings. The van der Waals surface area contributed by atoms with Crippen molar-refractivity contribution >= 4 is 17.2 Å². The zero-order valence-corrected chi connectivity index (χ0v) is 18.4. The molecule has 0 spiro atoms. The molecule has 2 aromatic heterocycles. The van der Waals surface area contributed by atoms with Crippen LogP contribution >= 0.6 is 11.3 Å². The van der Waals surface area contributed by atoms with E-state index in [1.165, 1.54) is 37.0 Å². The second-order valence-corrected chi connectivity index (χ2v) is 10.1. The van der Waals surface area contributed by atoms with Gasteiger partial charge in [-0.3, -0.25) is 14.5 Å². The summed E-state index contributed by atoms with van der Waals surface area (Å²) in [6.07, 6.45) is 7.67. The van der Waals surface area contributed by atoms with Crippen LogP contribution in [0.1, 0.15) is 78.2 Å². The van der Waals surface area contributed by atoms with Crippen LogP contribution in [0.2, 0.25) is 0 Å². The average Bonchev–Trinajstić information content (AvgIpc) is 3.46. The molecule has 30 heavy (non-hydrogen) atoms. The molecule has 4 heterocycles. The fourth-order valence-electron chi connectivity index (χ4n) is 5.38. The van der Waals surface area contributed by atoms with E-state index in [4.69, 9.17) is 4.98 Å². The Bertz CT molecular complexity index is 962. The molecule has 1 N–H and O–H groups in total. The van der Waals surface area contributed by atoms with Gasteiger partial charge in [-0.15, -0.1) is 11.3 Å². The summed E-state index contributed by atoms with van der Waals surface area (Å²) in [6, 6.07) is 4.24. The number of rotatable bonds is 3. The zero-order valence-electron chi connectivity index (χ0n) is 17.6. The number of hydrogen-bond acceptors (Lipinski definition) is 5. The van der Waals surface area contributed by atoms with Crippen LogP contribution in [0, 0.1) is 5.92 Å². The minimum Gasteiger partial charge on any atom is -0.328 e. The van der Waals surface area contributed by atoms with Crippen LogP contribution in [0.3, 0.4) is 0 Å². The van der Waals surface area contributed by atoms with Gasteiger partial charge in [-0.25, -0.2) is 4.98 Å². The fourth-order valence-corrected chi connectivity index (χ4v) is 6.06. The largest absolute Gasteiger partial charge is 0.328 e. The monoisotopic (exact) mass is 426 g/mol. The molecule has 0 aromatic carbocycles. The van der Waals surface area contributed by atoms with E-state index in [2.05, 4.69) is 16.8 Å². The molecule has 0 unspecified atom stereocenters. The Balaban J connectivity index is 1.36. The Morgan fingerprint density at radius 1 is 1.20 bits per heavy atom.